The zero-order chi connectivity index (χ0) is 14.7. The van der Waals surface area contributed by atoms with E-state index in [9.17, 15) is 19.7 Å². The normalized spacial score (nSPS) is 15.0. The van der Waals surface area contributed by atoms with Crippen molar-refractivity contribution >= 4 is 23.8 Å². The van der Waals surface area contributed by atoms with E-state index in [1.165, 1.54) is 17.0 Å². The molecule has 20 heavy (non-hydrogen) atoms. The van der Waals surface area contributed by atoms with Crippen molar-refractivity contribution in [1.29, 1.82) is 0 Å². The Morgan fingerprint density at radius 3 is 2.45 bits per heavy atom. The van der Waals surface area contributed by atoms with Crippen molar-refractivity contribution in [2.75, 3.05) is 31.1 Å². The fraction of sp³-hybridized carbons (Fsp3) is 0.333. The van der Waals surface area contributed by atoms with Crippen LogP contribution in [0.4, 0.5) is 16.2 Å². The van der Waals surface area contributed by atoms with Gasteiger partial charge in [0.2, 0.25) is 0 Å². The van der Waals surface area contributed by atoms with Gasteiger partial charge in [-0.05, 0) is 12.1 Å². The summed E-state index contributed by atoms with van der Waals surface area (Å²) >= 11 is 0. The van der Waals surface area contributed by atoms with Crippen molar-refractivity contribution in [2.24, 2.45) is 0 Å². The van der Waals surface area contributed by atoms with Crippen molar-refractivity contribution in [3.8, 4) is 0 Å². The summed E-state index contributed by atoms with van der Waals surface area (Å²) in [6.45, 7) is 1.62. The molecule has 0 atom stereocenters. The van der Waals surface area contributed by atoms with Crippen molar-refractivity contribution in [2.45, 2.75) is 0 Å². The third-order valence-electron chi connectivity index (χ3n) is 3.25. The van der Waals surface area contributed by atoms with Gasteiger partial charge >= 0.3 is 6.09 Å². The van der Waals surface area contributed by atoms with Crippen LogP contribution in [0.25, 0.3) is 0 Å². The fourth-order valence-electron chi connectivity index (χ4n) is 2.14. The highest BCUT2D eigenvalue weighted by molar-refractivity contribution is 5.83. The highest BCUT2D eigenvalue weighted by Gasteiger charge is 2.22. The predicted molar refractivity (Wildman–Crippen MR) is 70.3 cm³/mol. The van der Waals surface area contributed by atoms with E-state index in [0.717, 1.165) is 0 Å². The number of carboxylic acid groups (broad SMARTS) is 1. The average molecular weight is 279 g/mol. The van der Waals surface area contributed by atoms with Crippen molar-refractivity contribution in [3.05, 3.63) is 33.9 Å². The Hall–Kier alpha value is -2.64. The third kappa shape index (κ3) is 2.68. The SMILES string of the molecule is O=Cc1ccc(N2CCN(C(=O)O)CC2)cc1[N+](=O)[O-]. The van der Waals surface area contributed by atoms with Crippen molar-refractivity contribution < 1.29 is 19.6 Å². The number of carbonyl (C=O) groups excluding carboxylic acids is 1. The number of rotatable bonds is 3. The monoisotopic (exact) mass is 279 g/mol. The molecule has 106 valence electrons. The molecule has 0 aromatic heterocycles. The zero-order valence-corrected chi connectivity index (χ0v) is 10.6. The Labute approximate surface area is 114 Å². The number of aldehydes is 1. The second-order valence-electron chi connectivity index (χ2n) is 4.37. The molecular weight excluding hydrogens is 266 g/mol. The molecule has 0 spiro atoms. The molecule has 1 aromatic rings. The van der Waals surface area contributed by atoms with Gasteiger partial charge in [-0.25, -0.2) is 4.79 Å². The molecule has 1 aliphatic heterocycles. The van der Waals surface area contributed by atoms with Gasteiger partial charge in [-0.2, -0.15) is 0 Å². The van der Waals surface area contributed by atoms with E-state index in [2.05, 4.69) is 0 Å². The minimum absolute atomic E-state index is 0.0305. The Bertz CT molecular complexity index is 552. The number of benzene rings is 1. The van der Waals surface area contributed by atoms with E-state index in [-0.39, 0.29) is 11.3 Å². The van der Waals surface area contributed by atoms with E-state index in [0.29, 0.717) is 38.2 Å². The number of nitro groups is 1. The molecule has 2 rings (SSSR count). The number of piperazine rings is 1. The summed E-state index contributed by atoms with van der Waals surface area (Å²) in [6, 6.07) is 4.39. The molecule has 1 fully saturated rings. The minimum Gasteiger partial charge on any atom is -0.465 e. The van der Waals surface area contributed by atoms with Gasteiger partial charge in [-0.15, -0.1) is 0 Å². The molecule has 0 saturated carbocycles. The average Bonchev–Trinajstić information content (AvgIpc) is 2.46. The lowest BCUT2D eigenvalue weighted by Gasteiger charge is -2.34. The molecule has 1 N–H and O–H groups in total. The van der Waals surface area contributed by atoms with Crippen molar-refractivity contribution in [1.82, 2.24) is 4.90 Å². The number of carbonyl (C=O) groups is 2. The smallest absolute Gasteiger partial charge is 0.407 e. The quantitative estimate of drug-likeness (QED) is 0.506. The molecule has 8 nitrogen and oxygen atoms in total. The summed E-state index contributed by atoms with van der Waals surface area (Å²) in [4.78, 5) is 35.0. The van der Waals surface area contributed by atoms with Crippen LogP contribution in [0, 0.1) is 10.1 Å². The Morgan fingerprint density at radius 2 is 1.95 bits per heavy atom. The third-order valence-corrected chi connectivity index (χ3v) is 3.25. The number of nitrogens with zero attached hydrogens (tertiary/aromatic N) is 3. The van der Waals surface area contributed by atoms with E-state index in [1.807, 2.05) is 4.90 Å². The summed E-state index contributed by atoms with van der Waals surface area (Å²) in [5.74, 6) is 0. The number of hydrogen-bond donors (Lipinski definition) is 1. The fourth-order valence-corrected chi connectivity index (χ4v) is 2.14. The van der Waals surface area contributed by atoms with E-state index < -0.39 is 11.0 Å². The zero-order valence-electron chi connectivity index (χ0n) is 10.6. The molecule has 1 aromatic carbocycles. The first kappa shape index (κ1) is 13.8. The molecule has 1 heterocycles. The van der Waals surface area contributed by atoms with Crippen LogP contribution in [-0.2, 0) is 0 Å². The lowest BCUT2D eigenvalue weighted by molar-refractivity contribution is -0.385. The molecule has 8 heteroatoms. The Kier molecular flexibility index (Phi) is 3.83. The lowest BCUT2D eigenvalue weighted by Crippen LogP contribution is -2.48. The van der Waals surface area contributed by atoms with Gasteiger partial charge in [0.05, 0.1) is 10.5 Å². The van der Waals surface area contributed by atoms with Gasteiger partial charge in [-0.3, -0.25) is 14.9 Å². The topological polar surface area (TPSA) is 104 Å². The molecule has 0 bridgehead atoms. The summed E-state index contributed by atoms with van der Waals surface area (Å²) in [6.07, 6.45) is -0.517. The van der Waals surface area contributed by atoms with E-state index in [1.54, 1.807) is 6.07 Å². The van der Waals surface area contributed by atoms with E-state index in [4.69, 9.17) is 5.11 Å². The van der Waals surface area contributed by atoms with E-state index >= 15 is 0 Å². The van der Waals surface area contributed by atoms with Gasteiger partial charge in [0.25, 0.3) is 5.69 Å². The standard InChI is InChI=1S/C12H13N3O5/c16-8-9-1-2-10(7-11(9)15(19)20)13-3-5-14(6-4-13)12(17)18/h1-2,7-8H,3-6H2,(H,17,18). The molecule has 1 saturated heterocycles. The minimum atomic E-state index is -0.966. The Morgan fingerprint density at radius 1 is 1.30 bits per heavy atom. The largest absolute Gasteiger partial charge is 0.465 e. The van der Waals surface area contributed by atoms with Gasteiger partial charge in [0, 0.05) is 37.9 Å². The first-order valence-electron chi connectivity index (χ1n) is 5.99. The molecule has 0 aliphatic carbocycles. The number of amides is 1. The van der Waals surface area contributed by atoms with Crippen LogP contribution in [0.2, 0.25) is 0 Å². The van der Waals surface area contributed by atoms with Crippen LogP contribution >= 0.6 is 0 Å². The molecule has 0 radical (unpaired) electrons. The number of anilines is 1. The molecular formula is C12H13N3O5. The highest BCUT2D eigenvalue weighted by Crippen LogP contribution is 2.25. The predicted octanol–water partition coefficient (Wildman–Crippen LogP) is 1.21. The second-order valence-corrected chi connectivity index (χ2v) is 4.37. The highest BCUT2D eigenvalue weighted by atomic mass is 16.6. The Balaban J connectivity index is 2.18. The molecule has 1 aliphatic rings. The second kappa shape index (κ2) is 5.55. The maximum atomic E-state index is 10.9. The summed E-state index contributed by atoms with van der Waals surface area (Å²) < 4.78 is 0. The molecule has 1 amide bonds. The first-order chi connectivity index (χ1) is 9.52. The van der Waals surface area contributed by atoms with Gasteiger partial charge < -0.3 is 14.9 Å². The number of hydrogen-bond acceptors (Lipinski definition) is 5. The van der Waals surface area contributed by atoms with Crippen LogP contribution in [-0.4, -0.2) is 53.5 Å². The van der Waals surface area contributed by atoms with Crippen molar-refractivity contribution in [3.63, 3.8) is 0 Å². The summed E-state index contributed by atoms with van der Waals surface area (Å²) in [7, 11) is 0. The van der Waals surface area contributed by atoms with Crippen LogP contribution in [0.5, 0.6) is 0 Å². The van der Waals surface area contributed by atoms with Crippen LogP contribution in [0.1, 0.15) is 10.4 Å². The van der Waals surface area contributed by atoms with Gasteiger partial charge in [0.1, 0.15) is 0 Å². The maximum absolute atomic E-state index is 10.9. The van der Waals surface area contributed by atoms with Crippen LogP contribution in [0.3, 0.4) is 0 Å². The van der Waals surface area contributed by atoms with Gasteiger partial charge in [0.15, 0.2) is 6.29 Å². The van der Waals surface area contributed by atoms with Gasteiger partial charge in [-0.1, -0.05) is 0 Å². The maximum Gasteiger partial charge on any atom is 0.407 e. The molecule has 0 unspecified atom stereocenters. The lowest BCUT2D eigenvalue weighted by atomic mass is 10.1. The summed E-state index contributed by atoms with van der Waals surface area (Å²) in [5.41, 5.74) is 0.411. The van der Waals surface area contributed by atoms with Crippen LogP contribution < -0.4 is 4.90 Å². The van der Waals surface area contributed by atoms with Crippen LogP contribution in [0.15, 0.2) is 18.2 Å². The number of nitro benzene ring substituents is 1. The summed E-state index contributed by atoms with van der Waals surface area (Å²) in [5, 5.41) is 19.8. The first-order valence-corrected chi connectivity index (χ1v) is 5.99.